The molecule has 1 saturated heterocycles. The van der Waals surface area contributed by atoms with Crippen molar-refractivity contribution in [2.24, 2.45) is 0 Å². The summed E-state index contributed by atoms with van der Waals surface area (Å²) in [4.78, 5) is 8.80. The number of hydrogen-bond acceptors (Lipinski definition) is 6. The van der Waals surface area contributed by atoms with Crippen molar-refractivity contribution in [2.45, 2.75) is 45.6 Å². The minimum absolute atomic E-state index is 0.0896. The molecular formula is C19H26N4O2S. The first kappa shape index (κ1) is 18.6. The monoisotopic (exact) mass is 374 g/mol. The normalized spacial score (nSPS) is 19.3. The van der Waals surface area contributed by atoms with Crippen molar-refractivity contribution in [3.8, 4) is 0 Å². The van der Waals surface area contributed by atoms with Crippen molar-refractivity contribution < 1.29 is 8.42 Å². The average molecular weight is 375 g/mol. The first-order valence-electron chi connectivity index (χ1n) is 8.81. The minimum atomic E-state index is -2.92. The molecule has 1 aromatic heterocycles. The SMILES string of the molecule is Cc1nc(Nc2ccc(C(C)(C)C)cc2)cc(NC2CCS(=O)(=O)C2)n1. The Labute approximate surface area is 155 Å². The van der Waals surface area contributed by atoms with E-state index in [0.717, 1.165) is 5.69 Å². The molecule has 1 aromatic carbocycles. The largest absolute Gasteiger partial charge is 0.366 e. The number of rotatable bonds is 4. The van der Waals surface area contributed by atoms with Gasteiger partial charge in [-0.05, 0) is 36.5 Å². The number of sulfone groups is 1. The molecule has 1 fully saturated rings. The van der Waals surface area contributed by atoms with Gasteiger partial charge in [-0.1, -0.05) is 32.9 Å². The fourth-order valence-corrected chi connectivity index (χ4v) is 4.70. The van der Waals surface area contributed by atoms with E-state index < -0.39 is 9.84 Å². The topological polar surface area (TPSA) is 84.0 Å². The summed E-state index contributed by atoms with van der Waals surface area (Å²) in [5.74, 6) is 2.36. The molecule has 0 bridgehead atoms. The molecule has 1 atom stereocenters. The van der Waals surface area contributed by atoms with Crippen LogP contribution in [-0.4, -0.2) is 35.9 Å². The lowest BCUT2D eigenvalue weighted by molar-refractivity contribution is 0.590. The second-order valence-corrected chi connectivity index (χ2v) is 10.1. The van der Waals surface area contributed by atoms with E-state index in [4.69, 9.17) is 0 Å². The van der Waals surface area contributed by atoms with E-state index in [9.17, 15) is 8.42 Å². The second-order valence-electron chi connectivity index (χ2n) is 7.88. The molecule has 2 heterocycles. The quantitative estimate of drug-likeness (QED) is 0.853. The number of hydrogen-bond donors (Lipinski definition) is 2. The van der Waals surface area contributed by atoms with E-state index in [2.05, 4.69) is 53.5 Å². The van der Waals surface area contributed by atoms with Gasteiger partial charge in [0.05, 0.1) is 11.5 Å². The van der Waals surface area contributed by atoms with Gasteiger partial charge in [0.1, 0.15) is 17.5 Å². The van der Waals surface area contributed by atoms with Gasteiger partial charge in [-0.3, -0.25) is 0 Å². The Balaban J connectivity index is 1.73. The van der Waals surface area contributed by atoms with E-state index in [-0.39, 0.29) is 23.0 Å². The molecule has 1 aliphatic heterocycles. The summed E-state index contributed by atoms with van der Waals surface area (Å²) in [6.07, 6.45) is 0.614. The minimum Gasteiger partial charge on any atom is -0.366 e. The number of nitrogens with zero attached hydrogens (tertiary/aromatic N) is 2. The van der Waals surface area contributed by atoms with E-state index in [1.807, 2.05) is 25.1 Å². The van der Waals surface area contributed by atoms with Crippen LogP contribution in [0, 0.1) is 6.92 Å². The van der Waals surface area contributed by atoms with Crippen molar-refractivity contribution in [3.63, 3.8) is 0 Å². The Morgan fingerprint density at radius 2 is 1.73 bits per heavy atom. The smallest absolute Gasteiger partial charge is 0.152 e. The van der Waals surface area contributed by atoms with Crippen molar-refractivity contribution in [1.29, 1.82) is 0 Å². The summed E-state index contributed by atoms with van der Waals surface area (Å²) < 4.78 is 23.2. The number of nitrogens with one attached hydrogen (secondary N) is 2. The maximum absolute atomic E-state index is 11.6. The van der Waals surface area contributed by atoms with Gasteiger partial charge in [-0.15, -0.1) is 0 Å². The van der Waals surface area contributed by atoms with Crippen LogP contribution in [0.1, 0.15) is 38.6 Å². The lowest BCUT2D eigenvalue weighted by atomic mass is 9.87. The van der Waals surface area contributed by atoms with Gasteiger partial charge in [-0.2, -0.15) is 0 Å². The first-order valence-corrected chi connectivity index (χ1v) is 10.6. The molecule has 140 valence electrons. The standard InChI is InChI=1S/C19H26N4O2S/c1-13-20-17(22-15-7-5-14(6-8-15)19(2,3)4)11-18(21-13)23-16-9-10-26(24,25)12-16/h5-8,11,16H,9-10,12H2,1-4H3,(H2,20,21,22,23). The molecule has 0 amide bonds. The molecule has 26 heavy (non-hydrogen) atoms. The zero-order valence-corrected chi connectivity index (χ0v) is 16.5. The van der Waals surface area contributed by atoms with Gasteiger partial charge >= 0.3 is 0 Å². The van der Waals surface area contributed by atoms with E-state index in [0.29, 0.717) is 23.9 Å². The van der Waals surface area contributed by atoms with Gasteiger partial charge in [-0.25, -0.2) is 18.4 Å². The summed E-state index contributed by atoms with van der Waals surface area (Å²) >= 11 is 0. The van der Waals surface area contributed by atoms with Gasteiger partial charge < -0.3 is 10.6 Å². The Morgan fingerprint density at radius 3 is 2.31 bits per heavy atom. The summed E-state index contributed by atoms with van der Waals surface area (Å²) in [6.45, 7) is 8.38. The van der Waals surface area contributed by atoms with Crippen LogP contribution >= 0.6 is 0 Å². The van der Waals surface area contributed by atoms with Crippen LogP contribution in [0.5, 0.6) is 0 Å². The highest BCUT2D eigenvalue weighted by Crippen LogP contribution is 2.25. The Morgan fingerprint density at radius 1 is 1.08 bits per heavy atom. The lowest BCUT2D eigenvalue weighted by Crippen LogP contribution is -2.21. The molecule has 0 radical (unpaired) electrons. The van der Waals surface area contributed by atoms with Crippen molar-refractivity contribution in [2.75, 3.05) is 22.1 Å². The van der Waals surface area contributed by atoms with Crippen LogP contribution in [0.2, 0.25) is 0 Å². The molecular weight excluding hydrogens is 348 g/mol. The third-order valence-corrected chi connectivity index (χ3v) is 6.21. The number of anilines is 3. The molecule has 1 aliphatic rings. The van der Waals surface area contributed by atoms with Gasteiger partial charge in [0.15, 0.2) is 9.84 Å². The molecule has 7 heteroatoms. The molecule has 2 N–H and O–H groups in total. The van der Waals surface area contributed by atoms with Crippen LogP contribution in [0.4, 0.5) is 17.3 Å². The van der Waals surface area contributed by atoms with Gasteiger partial charge in [0.25, 0.3) is 0 Å². The van der Waals surface area contributed by atoms with E-state index in [1.54, 1.807) is 0 Å². The first-order chi connectivity index (χ1) is 12.1. The van der Waals surface area contributed by atoms with E-state index in [1.165, 1.54) is 5.56 Å². The maximum Gasteiger partial charge on any atom is 0.152 e. The maximum atomic E-state index is 11.6. The summed E-state index contributed by atoms with van der Waals surface area (Å²) in [6, 6.07) is 10.0. The zero-order chi connectivity index (χ0) is 18.9. The van der Waals surface area contributed by atoms with Crippen molar-refractivity contribution in [1.82, 2.24) is 9.97 Å². The second kappa shape index (κ2) is 6.87. The summed E-state index contributed by atoms with van der Waals surface area (Å²) in [5.41, 5.74) is 2.33. The van der Waals surface area contributed by atoms with E-state index >= 15 is 0 Å². The molecule has 6 nitrogen and oxygen atoms in total. The van der Waals surface area contributed by atoms with Crippen LogP contribution in [0.15, 0.2) is 30.3 Å². The highest BCUT2D eigenvalue weighted by Gasteiger charge is 2.28. The predicted molar refractivity (Wildman–Crippen MR) is 106 cm³/mol. The molecule has 0 saturated carbocycles. The van der Waals surface area contributed by atoms with Crippen LogP contribution in [0.25, 0.3) is 0 Å². The lowest BCUT2D eigenvalue weighted by Gasteiger charge is -2.19. The highest BCUT2D eigenvalue weighted by atomic mass is 32.2. The molecule has 3 rings (SSSR count). The van der Waals surface area contributed by atoms with Crippen LogP contribution in [-0.2, 0) is 15.3 Å². The number of aryl methyl sites for hydroxylation is 1. The summed E-state index contributed by atoms with van der Waals surface area (Å²) in [5, 5.41) is 6.52. The predicted octanol–water partition coefficient (Wildman–Crippen LogP) is 3.43. The zero-order valence-electron chi connectivity index (χ0n) is 15.7. The molecule has 0 spiro atoms. The third kappa shape index (κ3) is 4.72. The number of aromatic nitrogens is 2. The molecule has 0 aliphatic carbocycles. The Bertz CT molecular complexity index is 887. The fraction of sp³-hybridized carbons (Fsp3) is 0.474. The van der Waals surface area contributed by atoms with Gasteiger partial charge in [0.2, 0.25) is 0 Å². The summed E-state index contributed by atoms with van der Waals surface area (Å²) in [7, 11) is -2.92. The Kier molecular flexibility index (Phi) is 4.92. The highest BCUT2D eigenvalue weighted by molar-refractivity contribution is 7.91. The number of benzene rings is 1. The van der Waals surface area contributed by atoms with Crippen molar-refractivity contribution >= 4 is 27.2 Å². The fourth-order valence-electron chi connectivity index (χ4n) is 3.03. The Hall–Kier alpha value is -2.15. The molecule has 1 unspecified atom stereocenters. The van der Waals surface area contributed by atoms with Crippen molar-refractivity contribution in [3.05, 3.63) is 41.7 Å². The van der Waals surface area contributed by atoms with Gasteiger partial charge in [0, 0.05) is 17.8 Å². The molecule has 2 aromatic rings. The van der Waals surface area contributed by atoms with Crippen LogP contribution < -0.4 is 10.6 Å². The average Bonchev–Trinajstić information content (AvgIpc) is 2.85. The third-order valence-electron chi connectivity index (χ3n) is 4.45. The van der Waals surface area contributed by atoms with Crippen LogP contribution in [0.3, 0.4) is 0 Å².